The molecule has 0 atom stereocenters. The van der Waals surface area contributed by atoms with Gasteiger partial charge in [-0.1, -0.05) is 93.9 Å². The van der Waals surface area contributed by atoms with E-state index < -0.39 is 0 Å². The van der Waals surface area contributed by atoms with Crippen molar-refractivity contribution in [3.63, 3.8) is 0 Å². The Morgan fingerprint density at radius 3 is 0.931 bits per heavy atom. The fourth-order valence-corrected chi connectivity index (χ4v) is 3.36. The zero-order chi connectivity index (χ0) is 22.0. The Bertz CT molecular complexity index is 623. The van der Waals surface area contributed by atoms with Crippen LogP contribution in [0.3, 0.4) is 0 Å². The molecule has 0 aliphatic heterocycles. The molecule has 2 aromatic carbocycles. The van der Waals surface area contributed by atoms with E-state index in [1.54, 1.807) is 0 Å². The van der Waals surface area contributed by atoms with E-state index >= 15 is 0 Å². The molecular formula is C28H42Pd. The third-order valence-corrected chi connectivity index (χ3v) is 4.83. The van der Waals surface area contributed by atoms with Gasteiger partial charge in [-0.3, -0.25) is 0 Å². The molecule has 2 rings (SSSR count). The maximum Gasteiger partial charge on any atom is 2.00 e. The van der Waals surface area contributed by atoms with Crippen molar-refractivity contribution in [2.75, 3.05) is 0 Å². The number of rotatable bonds is 0. The molecule has 0 N–H and O–H groups in total. The second kappa shape index (κ2) is 9.94. The molecule has 0 fully saturated rings. The van der Waals surface area contributed by atoms with E-state index in [1.165, 1.54) is 22.3 Å². The van der Waals surface area contributed by atoms with Gasteiger partial charge < -0.3 is 0 Å². The molecule has 2 aromatic rings. The Labute approximate surface area is 195 Å². The Morgan fingerprint density at radius 2 is 0.759 bits per heavy atom. The summed E-state index contributed by atoms with van der Waals surface area (Å²) in [6.07, 6.45) is 0. The van der Waals surface area contributed by atoms with Crippen LogP contribution < -0.4 is 0 Å². The van der Waals surface area contributed by atoms with Crippen LogP contribution in [0.15, 0.2) is 36.4 Å². The molecule has 0 unspecified atom stereocenters. The van der Waals surface area contributed by atoms with Crippen LogP contribution >= 0.6 is 0 Å². The van der Waals surface area contributed by atoms with E-state index in [1.807, 2.05) is 12.1 Å². The molecule has 0 bridgehead atoms. The van der Waals surface area contributed by atoms with Crippen LogP contribution in [0.2, 0.25) is 0 Å². The van der Waals surface area contributed by atoms with Crippen molar-refractivity contribution in [1.82, 2.24) is 0 Å². The van der Waals surface area contributed by atoms with E-state index in [0.29, 0.717) is 0 Å². The van der Waals surface area contributed by atoms with Gasteiger partial charge in [-0.05, 0) is 10.8 Å². The molecule has 0 saturated carbocycles. The van der Waals surface area contributed by atoms with Crippen LogP contribution in [-0.4, -0.2) is 0 Å². The first-order valence-corrected chi connectivity index (χ1v) is 10.5. The molecule has 0 saturated heterocycles. The standard InChI is InChI=1S/2C14H21.Pd/c2*1-13(2,3)11-9-7-8-10-12(11)14(4,5)6;/h2*7-9H,1-6H3;/q2*-1;+2. The van der Waals surface area contributed by atoms with Gasteiger partial charge in [0.05, 0.1) is 0 Å². The van der Waals surface area contributed by atoms with Crippen LogP contribution in [0.25, 0.3) is 0 Å². The molecule has 1 heteroatoms. The van der Waals surface area contributed by atoms with Gasteiger partial charge in [-0.15, -0.1) is 11.1 Å². The topological polar surface area (TPSA) is 0 Å². The predicted molar refractivity (Wildman–Crippen MR) is 125 cm³/mol. The molecule has 0 amide bonds. The van der Waals surface area contributed by atoms with Crippen molar-refractivity contribution in [2.24, 2.45) is 0 Å². The molecule has 0 spiro atoms. The van der Waals surface area contributed by atoms with Gasteiger partial charge in [0, 0.05) is 0 Å². The average molecular weight is 485 g/mol. The van der Waals surface area contributed by atoms with Crippen molar-refractivity contribution in [2.45, 2.75) is 105 Å². The van der Waals surface area contributed by atoms with E-state index in [4.69, 9.17) is 0 Å². The summed E-state index contributed by atoms with van der Waals surface area (Å²) in [4.78, 5) is 0. The minimum Gasteiger partial charge on any atom is -0.180 e. The number of benzene rings is 2. The van der Waals surface area contributed by atoms with Crippen molar-refractivity contribution in [3.8, 4) is 0 Å². The predicted octanol–water partition coefficient (Wildman–Crippen LogP) is 8.16. The fraction of sp³-hybridized carbons (Fsp3) is 0.571. The van der Waals surface area contributed by atoms with Gasteiger partial charge in [0.1, 0.15) is 0 Å². The van der Waals surface area contributed by atoms with E-state index in [-0.39, 0.29) is 42.1 Å². The zero-order valence-electron chi connectivity index (χ0n) is 20.8. The molecule has 0 aliphatic carbocycles. The summed E-state index contributed by atoms with van der Waals surface area (Å²) in [6.45, 7) is 27.0. The summed E-state index contributed by atoms with van der Waals surface area (Å²) < 4.78 is 0. The molecule has 0 nitrogen and oxygen atoms in total. The smallest absolute Gasteiger partial charge is 0.180 e. The molecule has 164 valence electrons. The van der Waals surface area contributed by atoms with E-state index in [2.05, 4.69) is 119 Å². The normalized spacial score (nSPS) is 12.6. The summed E-state index contributed by atoms with van der Waals surface area (Å²) in [5, 5.41) is 0. The second-order valence-corrected chi connectivity index (χ2v) is 11.9. The van der Waals surface area contributed by atoms with Crippen molar-refractivity contribution >= 4 is 0 Å². The monoisotopic (exact) mass is 484 g/mol. The largest absolute Gasteiger partial charge is 2.00 e. The first kappa shape index (κ1) is 28.1. The third-order valence-electron chi connectivity index (χ3n) is 4.83. The van der Waals surface area contributed by atoms with Crippen LogP contribution in [-0.2, 0) is 42.1 Å². The van der Waals surface area contributed by atoms with Gasteiger partial charge in [0.2, 0.25) is 0 Å². The Hall–Kier alpha value is -0.898. The van der Waals surface area contributed by atoms with Crippen LogP contribution in [0.5, 0.6) is 0 Å². The summed E-state index contributed by atoms with van der Waals surface area (Å²) in [5.74, 6) is 0. The van der Waals surface area contributed by atoms with Crippen LogP contribution in [0.1, 0.15) is 105 Å². The summed E-state index contributed by atoms with van der Waals surface area (Å²) in [6, 6.07) is 19.4. The van der Waals surface area contributed by atoms with Gasteiger partial charge in [-0.25, -0.2) is 0 Å². The minimum absolute atomic E-state index is 0. The first-order chi connectivity index (χ1) is 12.5. The number of hydrogen-bond acceptors (Lipinski definition) is 0. The zero-order valence-corrected chi connectivity index (χ0v) is 22.3. The van der Waals surface area contributed by atoms with Gasteiger partial charge >= 0.3 is 20.4 Å². The van der Waals surface area contributed by atoms with Gasteiger partial charge in [0.15, 0.2) is 0 Å². The maximum absolute atomic E-state index is 3.38. The SMILES string of the molecule is CC(C)(C)c1[c-]cccc1C(C)(C)C.CC(C)(C)c1[c-]cccc1C(C)(C)C.[Pd+2]. The molecule has 0 aromatic heterocycles. The quantitative estimate of drug-likeness (QED) is 0.261. The van der Waals surface area contributed by atoms with Crippen LogP contribution in [0.4, 0.5) is 0 Å². The minimum atomic E-state index is 0. The Kier molecular flexibility index (Phi) is 9.63. The van der Waals surface area contributed by atoms with Crippen molar-refractivity contribution in [3.05, 3.63) is 70.8 Å². The molecular weight excluding hydrogens is 443 g/mol. The first-order valence-electron chi connectivity index (χ1n) is 10.5. The van der Waals surface area contributed by atoms with Crippen molar-refractivity contribution < 1.29 is 20.4 Å². The van der Waals surface area contributed by atoms with Crippen LogP contribution in [0, 0.1) is 12.1 Å². The van der Waals surface area contributed by atoms with Gasteiger partial charge in [-0.2, -0.15) is 59.7 Å². The van der Waals surface area contributed by atoms with E-state index in [0.717, 1.165) is 0 Å². The summed E-state index contributed by atoms with van der Waals surface area (Å²) in [7, 11) is 0. The maximum atomic E-state index is 3.38. The second-order valence-electron chi connectivity index (χ2n) is 11.9. The summed E-state index contributed by atoms with van der Waals surface area (Å²) >= 11 is 0. The molecule has 0 radical (unpaired) electrons. The molecule has 0 aliphatic rings. The van der Waals surface area contributed by atoms with Crippen molar-refractivity contribution in [1.29, 1.82) is 0 Å². The molecule has 0 heterocycles. The van der Waals surface area contributed by atoms with E-state index in [9.17, 15) is 0 Å². The average Bonchev–Trinajstić information content (AvgIpc) is 2.52. The third kappa shape index (κ3) is 8.40. The molecule has 29 heavy (non-hydrogen) atoms. The van der Waals surface area contributed by atoms with Gasteiger partial charge in [0.25, 0.3) is 0 Å². The Morgan fingerprint density at radius 1 is 0.483 bits per heavy atom. The Balaban J connectivity index is 0.000000523. The number of hydrogen-bond donors (Lipinski definition) is 0. The fourth-order valence-electron chi connectivity index (χ4n) is 3.36. The summed E-state index contributed by atoms with van der Waals surface area (Å²) in [5.41, 5.74) is 6.29.